The second kappa shape index (κ2) is 7.95. The number of hydrogen-bond acceptors (Lipinski definition) is 4. The summed E-state index contributed by atoms with van der Waals surface area (Å²) in [6, 6.07) is 10.7. The Morgan fingerprint density at radius 3 is 2.68 bits per heavy atom. The maximum Gasteiger partial charge on any atom is 0.269 e. The zero-order chi connectivity index (χ0) is 20.4. The smallest absolute Gasteiger partial charge is 0.269 e. The van der Waals surface area contributed by atoms with Crippen LogP contribution in [0.15, 0.2) is 53.7 Å². The quantitative estimate of drug-likeness (QED) is 0.396. The summed E-state index contributed by atoms with van der Waals surface area (Å²) in [5, 5.41) is 20.8. The highest BCUT2D eigenvalue weighted by Crippen LogP contribution is 2.30. The molecule has 3 rings (SSSR count). The van der Waals surface area contributed by atoms with E-state index in [1.54, 1.807) is 31.2 Å². The van der Waals surface area contributed by atoms with E-state index in [0.29, 0.717) is 32.7 Å². The van der Waals surface area contributed by atoms with Gasteiger partial charge in [-0.05, 0) is 49.3 Å². The molecule has 1 aliphatic rings. The number of rotatable bonds is 4. The summed E-state index contributed by atoms with van der Waals surface area (Å²) < 4.78 is 0. The van der Waals surface area contributed by atoms with E-state index in [9.17, 15) is 14.9 Å². The number of anilines is 1. The lowest BCUT2D eigenvalue weighted by molar-refractivity contribution is -0.384. The van der Waals surface area contributed by atoms with Crippen LogP contribution in [0.2, 0.25) is 5.02 Å². The Hall–Kier alpha value is -2.97. The first-order valence-corrected chi connectivity index (χ1v) is 9.15. The number of hydrogen-bond donors (Lipinski definition) is 3. The molecule has 1 aliphatic heterocycles. The van der Waals surface area contributed by atoms with Crippen LogP contribution in [0, 0.1) is 17.0 Å². The van der Waals surface area contributed by atoms with Gasteiger partial charge in [-0.1, -0.05) is 29.8 Å². The SMILES string of the molecule is CC1=C(C(=O)Nc2ccc(C)c(Cl)c2)[C@H](c2cccc([N+](=O)[O-])c2)NC(=S)N1. The van der Waals surface area contributed by atoms with Gasteiger partial charge in [-0.3, -0.25) is 14.9 Å². The Morgan fingerprint density at radius 1 is 1.25 bits per heavy atom. The number of carbonyl (C=O) groups is 1. The van der Waals surface area contributed by atoms with Crippen molar-refractivity contribution in [3.63, 3.8) is 0 Å². The highest BCUT2D eigenvalue weighted by Gasteiger charge is 2.30. The number of halogens is 1. The van der Waals surface area contributed by atoms with Gasteiger partial charge in [-0.15, -0.1) is 0 Å². The Kier molecular flexibility index (Phi) is 5.62. The maximum absolute atomic E-state index is 13.0. The van der Waals surface area contributed by atoms with Gasteiger partial charge in [0.15, 0.2) is 5.11 Å². The molecule has 0 saturated heterocycles. The van der Waals surface area contributed by atoms with Gasteiger partial charge in [-0.2, -0.15) is 0 Å². The first-order valence-electron chi connectivity index (χ1n) is 8.36. The first-order chi connectivity index (χ1) is 13.3. The molecule has 1 amide bonds. The summed E-state index contributed by atoms with van der Waals surface area (Å²) in [6.07, 6.45) is 0. The van der Waals surface area contributed by atoms with E-state index in [0.717, 1.165) is 5.56 Å². The van der Waals surface area contributed by atoms with Crippen molar-refractivity contribution in [2.24, 2.45) is 0 Å². The topological polar surface area (TPSA) is 96.3 Å². The molecule has 0 aliphatic carbocycles. The van der Waals surface area contributed by atoms with Crippen molar-refractivity contribution in [3.05, 3.63) is 80.0 Å². The number of nitro groups is 1. The fourth-order valence-electron chi connectivity index (χ4n) is 2.93. The van der Waals surface area contributed by atoms with Crippen LogP contribution in [-0.4, -0.2) is 15.9 Å². The molecule has 0 unspecified atom stereocenters. The summed E-state index contributed by atoms with van der Waals surface area (Å²) in [5.74, 6) is -0.364. The van der Waals surface area contributed by atoms with Gasteiger partial charge in [0.25, 0.3) is 11.6 Å². The number of nitro benzene ring substituents is 1. The fourth-order valence-corrected chi connectivity index (χ4v) is 3.38. The number of amides is 1. The number of carbonyl (C=O) groups excluding carboxylic acids is 1. The largest absolute Gasteiger partial charge is 0.351 e. The molecule has 0 bridgehead atoms. The van der Waals surface area contributed by atoms with E-state index in [2.05, 4.69) is 16.0 Å². The number of non-ortho nitro benzene ring substituents is 1. The van der Waals surface area contributed by atoms with Crippen LogP contribution >= 0.6 is 23.8 Å². The monoisotopic (exact) mass is 416 g/mol. The molecule has 0 aromatic heterocycles. The molecule has 144 valence electrons. The average molecular weight is 417 g/mol. The minimum atomic E-state index is -0.630. The van der Waals surface area contributed by atoms with E-state index < -0.39 is 11.0 Å². The molecule has 2 aromatic rings. The summed E-state index contributed by atoms with van der Waals surface area (Å²) in [4.78, 5) is 23.7. The Labute approximate surface area is 171 Å². The molecule has 1 heterocycles. The predicted molar refractivity (Wildman–Crippen MR) is 112 cm³/mol. The molecule has 3 N–H and O–H groups in total. The van der Waals surface area contributed by atoms with Crippen molar-refractivity contribution < 1.29 is 9.72 Å². The summed E-state index contributed by atoms with van der Waals surface area (Å²) in [5.41, 5.74) is 2.89. The summed E-state index contributed by atoms with van der Waals surface area (Å²) in [6.45, 7) is 3.60. The third-order valence-electron chi connectivity index (χ3n) is 4.36. The van der Waals surface area contributed by atoms with Crippen LogP contribution in [0.4, 0.5) is 11.4 Å². The molecular weight excluding hydrogens is 400 g/mol. The molecule has 2 aromatic carbocycles. The minimum absolute atomic E-state index is 0.0634. The van der Waals surface area contributed by atoms with Gasteiger partial charge in [-0.25, -0.2) is 0 Å². The Balaban J connectivity index is 1.97. The second-order valence-electron chi connectivity index (χ2n) is 6.34. The molecule has 0 fully saturated rings. The molecule has 1 atom stereocenters. The first kappa shape index (κ1) is 19.8. The van der Waals surface area contributed by atoms with E-state index >= 15 is 0 Å². The second-order valence-corrected chi connectivity index (χ2v) is 7.16. The van der Waals surface area contributed by atoms with Crippen molar-refractivity contribution in [1.82, 2.24) is 10.6 Å². The van der Waals surface area contributed by atoms with Gasteiger partial charge in [0, 0.05) is 28.5 Å². The lowest BCUT2D eigenvalue weighted by Crippen LogP contribution is -2.45. The van der Waals surface area contributed by atoms with E-state index in [1.807, 2.05) is 13.0 Å². The third-order valence-corrected chi connectivity index (χ3v) is 4.98. The van der Waals surface area contributed by atoms with Crippen molar-refractivity contribution in [2.75, 3.05) is 5.32 Å². The van der Waals surface area contributed by atoms with Crippen molar-refractivity contribution >= 4 is 46.2 Å². The van der Waals surface area contributed by atoms with Gasteiger partial charge in [0.1, 0.15) is 0 Å². The molecule has 0 radical (unpaired) electrons. The highest BCUT2D eigenvalue weighted by atomic mass is 35.5. The molecule has 28 heavy (non-hydrogen) atoms. The van der Waals surface area contributed by atoms with Gasteiger partial charge < -0.3 is 16.0 Å². The molecule has 0 saturated carbocycles. The zero-order valence-electron chi connectivity index (χ0n) is 15.1. The zero-order valence-corrected chi connectivity index (χ0v) is 16.6. The molecular formula is C19H17ClN4O3S. The maximum atomic E-state index is 13.0. The van der Waals surface area contributed by atoms with Crippen molar-refractivity contribution in [2.45, 2.75) is 19.9 Å². The van der Waals surface area contributed by atoms with Crippen LogP contribution in [-0.2, 0) is 4.79 Å². The predicted octanol–water partition coefficient (Wildman–Crippen LogP) is 3.99. The van der Waals surface area contributed by atoms with Gasteiger partial charge in [0.2, 0.25) is 0 Å². The normalized spacial score (nSPS) is 16.2. The number of thiocarbonyl (C=S) groups is 1. The molecule has 0 spiro atoms. The lowest BCUT2D eigenvalue weighted by atomic mass is 9.94. The number of nitrogens with zero attached hydrogens (tertiary/aromatic N) is 1. The van der Waals surface area contributed by atoms with E-state index in [4.69, 9.17) is 23.8 Å². The van der Waals surface area contributed by atoms with Crippen LogP contribution < -0.4 is 16.0 Å². The standard InChI is InChI=1S/C19H17ClN4O3S/c1-10-6-7-13(9-15(10)20)22-18(25)16-11(2)21-19(28)23-17(16)12-4-3-5-14(8-12)24(26)27/h3-9,17H,1-2H3,(H,22,25)(H2,21,23,28)/t17-/m0/s1. The van der Waals surface area contributed by atoms with E-state index in [-0.39, 0.29) is 11.6 Å². The van der Waals surface area contributed by atoms with Crippen molar-refractivity contribution in [1.29, 1.82) is 0 Å². The van der Waals surface area contributed by atoms with Crippen LogP contribution in [0.1, 0.15) is 24.1 Å². The lowest BCUT2D eigenvalue weighted by Gasteiger charge is -2.30. The molecule has 9 heteroatoms. The van der Waals surface area contributed by atoms with Crippen molar-refractivity contribution in [3.8, 4) is 0 Å². The van der Waals surface area contributed by atoms with Crippen LogP contribution in [0.25, 0.3) is 0 Å². The third kappa shape index (κ3) is 4.13. The summed E-state index contributed by atoms with van der Waals surface area (Å²) in [7, 11) is 0. The number of allylic oxidation sites excluding steroid dienone is 1. The summed E-state index contributed by atoms with van der Waals surface area (Å²) >= 11 is 11.3. The van der Waals surface area contributed by atoms with Gasteiger partial charge in [0.05, 0.1) is 16.5 Å². The fraction of sp³-hybridized carbons (Fsp3) is 0.158. The minimum Gasteiger partial charge on any atom is -0.351 e. The Morgan fingerprint density at radius 2 is 2.00 bits per heavy atom. The van der Waals surface area contributed by atoms with Crippen LogP contribution in [0.5, 0.6) is 0 Å². The Bertz CT molecular complexity index is 1020. The van der Waals surface area contributed by atoms with Gasteiger partial charge >= 0.3 is 0 Å². The molecule has 7 nitrogen and oxygen atoms in total. The highest BCUT2D eigenvalue weighted by molar-refractivity contribution is 7.80. The number of benzene rings is 2. The van der Waals surface area contributed by atoms with E-state index in [1.165, 1.54) is 12.1 Å². The number of nitrogens with one attached hydrogen (secondary N) is 3. The number of aryl methyl sites for hydroxylation is 1. The van der Waals surface area contributed by atoms with Crippen LogP contribution in [0.3, 0.4) is 0 Å². The average Bonchev–Trinajstić information content (AvgIpc) is 2.64.